The van der Waals surface area contributed by atoms with Crippen molar-refractivity contribution in [3.63, 3.8) is 0 Å². The minimum absolute atomic E-state index is 0.0362. The summed E-state index contributed by atoms with van der Waals surface area (Å²) in [7, 11) is 0. The van der Waals surface area contributed by atoms with Gasteiger partial charge in [-0.15, -0.1) is 11.3 Å². The largest absolute Gasteiger partial charge is 0.338 e. The van der Waals surface area contributed by atoms with Crippen LogP contribution in [0.25, 0.3) is 11.0 Å². The Morgan fingerprint density at radius 1 is 0.969 bits per heavy atom. The Morgan fingerprint density at radius 3 is 2.44 bits per heavy atom. The van der Waals surface area contributed by atoms with Crippen LogP contribution in [0.4, 0.5) is 5.69 Å². The van der Waals surface area contributed by atoms with Gasteiger partial charge in [-0.2, -0.15) is 0 Å². The fourth-order valence-electron chi connectivity index (χ4n) is 4.24. The highest BCUT2D eigenvalue weighted by atomic mass is 32.1. The number of nitrogens with zero attached hydrogens (tertiary/aromatic N) is 2. The van der Waals surface area contributed by atoms with Gasteiger partial charge in [0.2, 0.25) is 0 Å². The van der Waals surface area contributed by atoms with Gasteiger partial charge in [-0.3, -0.25) is 14.2 Å². The first-order chi connectivity index (χ1) is 15.6. The monoisotopic (exact) mass is 446 g/mol. The molecule has 0 atom stereocenters. The number of carbonyl (C=O) groups is 2. The average molecular weight is 447 g/mol. The maximum Gasteiger partial charge on any atom is 0.326 e. The van der Waals surface area contributed by atoms with E-state index in [1.165, 1.54) is 11.3 Å². The van der Waals surface area contributed by atoms with Crippen molar-refractivity contribution in [2.45, 2.75) is 18.9 Å². The van der Waals surface area contributed by atoms with Crippen LogP contribution in [-0.2, 0) is 0 Å². The van der Waals surface area contributed by atoms with Crippen molar-refractivity contribution < 1.29 is 9.59 Å². The number of hydrogen-bond donors (Lipinski definition) is 2. The Hall–Kier alpha value is -3.65. The summed E-state index contributed by atoms with van der Waals surface area (Å²) >= 11 is 1.38. The molecule has 2 aromatic heterocycles. The molecular formula is C24H22N4O3S. The van der Waals surface area contributed by atoms with Gasteiger partial charge >= 0.3 is 5.69 Å². The van der Waals surface area contributed by atoms with Gasteiger partial charge in [0, 0.05) is 30.4 Å². The maximum absolute atomic E-state index is 13.0. The first kappa shape index (κ1) is 20.3. The van der Waals surface area contributed by atoms with Gasteiger partial charge in [0.05, 0.1) is 15.9 Å². The Morgan fingerprint density at radius 2 is 1.72 bits per heavy atom. The number of imidazole rings is 1. The predicted octanol–water partition coefficient (Wildman–Crippen LogP) is 4.12. The number of aromatic amines is 1. The zero-order valence-corrected chi connectivity index (χ0v) is 18.1. The fraction of sp³-hybridized carbons (Fsp3) is 0.208. The normalized spacial score (nSPS) is 14.6. The SMILES string of the molecule is O=C(Nc1ccc(C(=O)N2CCC(n3c(=O)[nH]c4ccccc43)CC2)cc1)c1cccs1. The van der Waals surface area contributed by atoms with Crippen LogP contribution >= 0.6 is 11.3 Å². The first-order valence-corrected chi connectivity index (χ1v) is 11.4. The van der Waals surface area contributed by atoms with Crippen LogP contribution in [0.15, 0.2) is 70.8 Å². The highest BCUT2D eigenvalue weighted by Gasteiger charge is 2.26. The van der Waals surface area contributed by atoms with Crippen molar-refractivity contribution >= 4 is 39.9 Å². The second kappa shape index (κ2) is 8.47. The summed E-state index contributed by atoms with van der Waals surface area (Å²) in [5.74, 6) is -0.195. The van der Waals surface area contributed by atoms with Crippen molar-refractivity contribution in [2.75, 3.05) is 18.4 Å². The molecule has 8 heteroatoms. The van der Waals surface area contributed by atoms with Crippen molar-refractivity contribution in [3.8, 4) is 0 Å². The summed E-state index contributed by atoms with van der Waals surface area (Å²) < 4.78 is 1.82. The van der Waals surface area contributed by atoms with Gasteiger partial charge in [0.15, 0.2) is 0 Å². The van der Waals surface area contributed by atoms with Gasteiger partial charge in [-0.05, 0) is 60.7 Å². The Kier molecular flexibility index (Phi) is 5.36. The van der Waals surface area contributed by atoms with Crippen LogP contribution < -0.4 is 11.0 Å². The maximum atomic E-state index is 13.0. The molecule has 162 valence electrons. The summed E-state index contributed by atoms with van der Waals surface area (Å²) in [6.45, 7) is 1.18. The minimum Gasteiger partial charge on any atom is -0.338 e. The number of H-pyrrole nitrogens is 1. The molecule has 0 saturated carbocycles. The van der Waals surface area contributed by atoms with Gasteiger partial charge in [-0.1, -0.05) is 18.2 Å². The number of amides is 2. The van der Waals surface area contributed by atoms with Gasteiger partial charge in [0.25, 0.3) is 11.8 Å². The van der Waals surface area contributed by atoms with E-state index in [4.69, 9.17) is 0 Å². The van der Waals surface area contributed by atoms with E-state index in [-0.39, 0.29) is 23.5 Å². The Bertz CT molecular complexity index is 1310. The molecule has 0 aliphatic carbocycles. The number of nitrogens with one attached hydrogen (secondary N) is 2. The summed E-state index contributed by atoms with van der Waals surface area (Å²) in [5.41, 5.74) is 2.88. The number of piperidine rings is 1. The van der Waals surface area contributed by atoms with Gasteiger partial charge < -0.3 is 15.2 Å². The van der Waals surface area contributed by atoms with Crippen LogP contribution in [0, 0.1) is 0 Å². The van der Waals surface area contributed by atoms with E-state index in [1.54, 1.807) is 30.3 Å². The minimum atomic E-state index is -0.159. The van der Waals surface area contributed by atoms with Crippen molar-refractivity contribution in [2.24, 2.45) is 0 Å². The lowest BCUT2D eigenvalue weighted by molar-refractivity contribution is 0.0695. The second-order valence-corrected chi connectivity index (χ2v) is 8.80. The van der Waals surface area contributed by atoms with E-state index in [1.807, 2.05) is 45.2 Å². The van der Waals surface area contributed by atoms with Crippen molar-refractivity contribution in [1.29, 1.82) is 0 Å². The zero-order valence-electron chi connectivity index (χ0n) is 17.3. The molecule has 0 bridgehead atoms. The van der Waals surface area contributed by atoms with Crippen LogP contribution in [0.2, 0.25) is 0 Å². The van der Waals surface area contributed by atoms with E-state index >= 15 is 0 Å². The molecule has 1 aliphatic heterocycles. The number of likely N-dealkylation sites (tertiary alicyclic amines) is 1. The first-order valence-electron chi connectivity index (χ1n) is 10.5. The molecule has 32 heavy (non-hydrogen) atoms. The van der Waals surface area contributed by atoms with Crippen LogP contribution in [0.5, 0.6) is 0 Å². The van der Waals surface area contributed by atoms with E-state index in [9.17, 15) is 14.4 Å². The smallest absolute Gasteiger partial charge is 0.326 e. The lowest BCUT2D eigenvalue weighted by Crippen LogP contribution is -2.40. The van der Waals surface area contributed by atoms with E-state index in [0.717, 1.165) is 23.9 Å². The molecule has 1 fully saturated rings. The summed E-state index contributed by atoms with van der Waals surface area (Å²) in [6.07, 6.45) is 1.45. The highest BCUT2D eigenvalue weighted by Crippen LogP contribution is 2.26. The molecule has 4 aromatic rings. The predicted molar refractivity (Wildman–Crippen MR) is 125 cm³/mol. The topological polar surface area (TPSA) is 87.2 Å². The molecule has 0 spiro atoms. The molecule has 5 rings (SSSR count). The van der Waals surface area contributed by atoms with E-state index in [2.05, 4.69) is 10.3 Å². The van der Waals surface area contributed by atoms with Crippen LogP contribution in [0.1, 0.15) is 38.9 Å². The summed E-state index contributed by atoms with van der Waals surface area (Å²) in [6, 6.07) is 18.3. The number of hydrogen-bond acceptors (Lipinski definition) is 4. The molecule has 2 amide bonds. The number of rotatable bonds is 4. The Balaban J connectivity index is 1.23. The highest BCUT2D eigenvalue weighted by molar-refractivity contribution is 7.12. The summed E-state index contributed by atoms with van der Waals surface area (Å²) in [5, 5.41) is 4.70. The number of benzene rings is 2. The van der Waals surface area contributed by atoms with Crippen LogP contribution in [-0.4, -0.2) is 39.4 Å². The molecule has 0 radical (unpaired) electrons. The van der Waals surface area contributed by atoms with Crippen molar-refractivity contribution in [3.05, 3.63) is 87.0 Å². The lowest BCUT2D eigenvalue weighted by atomic mass is 10.0. The third-order valence-electron chi connectivity index (χ3n) is 5.88. The molecule has 0 unspecified atom stereocenters. The zero-order chi connectivity index (χ0) is 22.1. The number of para-hydroxylation sites is 2. The molecular weight excluding hydrogens is 424 g/mol. The Labute approximate surface area is 188 Å². The van der Waals surface area contributed by atoms with Crippen molar-refractivity contribution in [1.82, 2.24) is 14.5 Å². The standard InChI is InChI=1S/C24H22N4O3S/c29-22(21-6-3-15-32-21)25-17-9-7-16(8-10-17)23(30)27-13-11-18(12-14-27)28-20-5-2-1-4-19(20)26-24(28)31/h1-10,15,18H,11-14H2,(H,25,29)(H,26,31). The molecule has 2 N–H and O–H groups in total. The number of anilines is 1. The number of carbonyl (C=O) groups excluding carboxylic acids is 2. The molecule has 1 aliphatic rings. The van der Waals surface area contributed by atoms with E-state index in [0.29, 0.717) is 29.2 Å². The molecule has 2 aromatic carbocycles. The second-order valence-electron chi connectivity index (χ2n) is 7.85. The average Bonchev–Trinajstić information content (AvgIpc) is 3.47. The molecule has 7 nitrogen and oxygen atoms in total. The van der Waals surface area contributed by atoms with Gasteiger partial charge in [-0.25, -0.2) is 4.79 Å². The van der Waals surface area contributed by atoms with Gasteiger partial charge in [0.1, 0.15) is 0 Å². The van der Waals surface area contributed by atoms with E-state index < -0.39 is 0 Å². The summed E-state index contributed by atoms with van der Waals surface area (Å²) in [4.78, 5) is 43.0. The number of fused-ring (bicyclic) bond motifs is 1. The quantitative estimate of drug-likeness (QED) is 0.494. The third-order valence-corrected chi connectivity index (χ3v) is 6.74. The fourth-order valence-corrected chi connectivity index (χ4v) is 4.86. The third kappa shape index (κ3) is 3.85. The molecule has 3 heterocycles. The van der Waals surface area contributed by atoms with Crippen LogP contribution in [0.3, 0.4) is 0 Å². The molecule has 1 saturated heterocycles. The number of thiophene rings is 1. The number of aromatic nitrogens is 2. The lowest BCUT2D eigenvalue weighted by Gasteiger charge is -2.32.